The minimum atomic E-state index is 0. The molecule has 0 aliphatic heterocycles. The summed E-state index contributed by atoms with van der Waals surface area (Å²) in [4.78, 5) is 0. The van der Waals surface area contributed by atoms with Crippen LogP contribution in [-0.4, -0.2) is 9.78 Å². The molecule has 0 radical (unpaired) electrons. The van der Waals surface area contributed by atoms with Gasteiger partial charge in [-0.05, 0) is 38.2 Å². The van der Waals surface area contributed by atoms with Gasteiger partial charge >= 0.3 is 0 Å². The van der Waals surface area contributed by atoms with Gasteiger partial charge in [-0.2, -0.15) is 5.10 Å². The fourth-order valence-corrected chi connectivity index (χ4v) is 2.96. The Labute approximate surface area is 155 Å². The Morgan fingerprint density at radius 3 is 1.96 bits per heavy atom. The van der Waals surface area contributed by atoms with Crippen LogP contribution >= 0.6 is 0 Å². The van der Waals surface area contributed by atoms with Gasteiger partial charge in [0.2, 0.25) is 0 Å². The van der Waals surface area contributed by atoms with Crippen molar-refractivity contribution in [3.05, 3.63) is 41.7 Å². The molecule has 0 aliphatic rings. The first-order valence-electron chi connectivity index (χ1n) is 8.68. The summed E-state index contributed by atoms with van der Waals surface area (Å²) in [5.41, 5.74) is 5.34. The Kier molecular flexibility index (Phi) is 7.74. The SMILES string of the molecule is CCC(C)c1nn(C(C)C)c(C(C)CC)c1-c1ccccc1.[Pt]. The molecule has 2 rings (SSSR count). The summed E-state index contributed by atoms with van der Waals surface area (Å²) < 4.78 is 2.26. The molecule has 0 aliphatic carbocycles. The number of benzene rings is 1. The van der Waals surface area contributed by atoms with Crippen LogP contribution < -0.4 is 0 Å². The summed E-state index contributed by atoms with van der Waals surface area (Å²) >= 11 is 0. The maximum atomic E-state index is 5.04. The van der Waals surface area contributed by atoms with Gasteiger partial charge in [-0.25, -0.2) is 0 Å². The fraction of sp³-hybridized carbons (Fsp3) is 0.550. The molecule has 1 heterocycles. The molecule has 0 fully saturated rings. The minimum absolute atomic E-state index is 0. The second kappa shape index (κ2) is 8.83. The Bertz CT molecular complexity index is 602. The van der Waals surface area contributed by atoms with Crippen molar-refractivity contribution < 1.29 is 21.1 Å². The molecule has 1 aromatic carbocycles. The summed E-state index contributed by atoms with van der Waals surface area (Å²) in [6, 6.07) is 11.2. The number of hydrogen-bond acceptors (Lipinski definition) is 1. The van der Waals surface area contributed by atoms with Gasteiger partial charge in [0, 0.05) is 44.3 Å². The smallest absolute Gasteiger partial charge is 0.0734 e. The predicted molar refractivity (Wildman–Crippen MR) is 95.5 cm³/mol. The average Bonchev–Trinajstić information content (AvgIpc) is 2.94. The molecular weight excluding hydrogens is 463 g/mol. The number of aromatic nitrogens is 2. The largest absolute Gasteiger partial charge is 0.266 e. The van der Waals surface area contributed by atoms with E-state index in [4.69, 9.17) is 5.10 Å². The van der Waals surface area contributed by atoms with E-state index in [1.807, 2.05) is 0 Å². The van der Waals surface area contributed by atoms with E-state index in [9.17, 15) is 0 Å². The fourth-order valence-electron chi connectivity index (χ4n) is 2.96. The standard InChI is InChI=1S/C20H30N2.Pt/c1-7-15(5)19-18(17-12-10-9-11-13-17)20(16(6)8-2)22(21-19)14(3)4;/h9-16H,7-8H2,1-6H3;. The van der Waals surface area contributed by atoms with Gasteiger partial charge in [-0.15, -0.1) is 0 Å². The molecule has 0 saturated carbocycles. The first kappa shape index (κ1) is 20.2. The third kappa shape index (κ3) is 4.15. The van der Waals surface area contributed by atoms with Crippen LogP contribution in [0.15, 0.2) is 30.3 Å². The van der Waals surface area contributed by atoms with Gasteiger partial charge in [-0.3, -0.25) is 4.68 Å². The zero-order valence-corrected chi connectivity index (χ0v) is 17.5. The van der Waals surface area contributed by atoms with Crippen molar-refractivity contribution in [1.29, 1.82) is 0 Å². The van der Waals surface area contributed by atoms with Crippen molar-refractivity contribution in [2.75, 3.05) is 0 Å². The topological polar surface area (TPSA) is 17.8 Å². The van der Waals surface area contributed by atoms with Crippen molar-refractivity contribution >= 4 is 0 Å². The van der Waals surface area contributed by atoms with Gasteiger partial charge < -0.3 is 0 Å². The Morgan fingerprint density at radius 1 is 0.913 bits per heavy atom. The number of hydrogen-bond donors (Lipinski definition) is 0. The number of rotatable bonds is 6. The van der Waals surface area contributed by atoms with E-state index in [2.05, 4.69) is 76.6 Å². The first-order valence-corrected chi connectivity index (χ1v) is 8.68. The van der Waals surface area contributed by atoms with Crippen LogP contribution in [0.3, 0.4) is 0 Å². The Morgan fingerprint density at radius 2 is 1.48 bits per heavy atom. The molecule has 1 aromatic heterocycles. The van der Waals surface area contributed by atoms with E-state index < -0.39 is 0 Å². The van der Waals surface area contributed by atoms with Gasteiger partial charge in [0.25, 0.3) is 0 Å². The maximum Gasteiger partial charge on any atom is 0.0734 e. The molecule has 2 aromatic rings. The molecule has 0 amide bonds. The van der Waals surface area contributed by atoms with Gasteiger partial charge in [0.15, 0.2) is 0 Å². The summed E-state index contributed by atoms with van der Waals surface area (Å²) in [7, 11) is 0. The summed E-state index contributed by atoms with van der Waals surface area (Å²) in [6.45, 7) is 13.6. The Balaban J connectivity index is 0.00000264. The molecule has 0 N–H and O–H groups in total. The minimum Gasteiger partial charge on any atom is -0.266 e. The molecule has 2 nitrogen and oxygen atoms in total. The third-order valence-corrected chi connectivity index (χ3v) is 4.68. The number of nitrogens with zero attached hydrogens (tertiary/aromatic N) is 2. The summed E-state index contributed by atoms with van der Waals surface area (Å²) in [5.74, 6) is 1.00. The van der Waals surface area contributed by atoms with E-state index in [0.29, 0.717) is 17.9 Å². The van der Waals surface area contributed by atoms with Gasteiger partial charge in [-0.1, -0.05) is 58.0 Å². The van der Waals surface area contributed by atoms with Crippen LogP contribution in [0.5, 0.6) is 0 Å². The van der Waals surface area contributed by atoms with Crippen LogP contribution in [-0.2, 0) is 21.1 Å². The van der Waals surface area contributed by atoms with Gasteiger partial charge in [0.05, 0.1) is 5.69 Å². The molecule has 0 bridgehead atoms. The van der Waals surface area contributed by atoms with E-state index in [0.717, 1.165) is 12.8 Å². The molecule has 0 spiro atoms. The molecular formula is C20H30N2Pt. The van der Waals surface area contributed by atoms with E-state index in [1.165, 1.54) is 22.5 Å². The quantitative estimate of drug-likeness (QED) is 0.472. The van der Waals surface area contributed by atoms with Crippen molar-refractivity contribution in [1.82, 2.24) is 9.78 Å². The van der Waals surface area contributed by atoms with E-state index >= 15 is 0 Å². The third-order valence-electron chi connectivity index (χ3n) is 4.68. The molecule has 2 atom stereocenters. The van der Waals surface area contributed by atoms with Crippen LogP contribution in [0.25, 0.3) is 11.1 Å². The second-order valence-electron chi connectivity index (χ2n) is 6.67. The van der Waals surface area contributed by atoms with E-state index in [1.54, 1.807) is 0 Å². The zero-order valence-electron chi connectivity index (χ0n) is 15.2. The second-order valence-corrected chi connectivity index (χ2v) is 6.67. The van der Waals surface area contributed by atoms with Crippen LogP contribution in [0.1, 0.15) is 83.6 Å². The van der Waals surface area contributed by atoms with E-state index in [-0.39, 0.29) is 21.1 Å². The summed E-state index contributed by atoms with van der Waals surface area (Å²) in [6.07, 6.45) is 2.26. The van der Waals surface area contributed by atoms with Crippen molar-refractivity contribution in [3.8, 4) is 11.1 Å². The molecule has 3 heteroatoms. The van der Waals surface area contributed by atoms with Crippen LogP contribution in [0, 0.1) is 0 Å². The monoisotopic (exact) mass is 493 g/mol. The summed E-state index contributed by atoms with van der Waals surface area (Å²) in [5, 5.41) is 5.04. The average molecular weight is 494 g/mol. The van der Waals surface area contributed by atoms with Gasteiger partial charge in [0.1, 0.15) is 0 Å². The molecule has 0 saturated heterocycles. The molecule has 23 heavy (non-hydrogen) atoms. The van der Waals surface area contributed by atoms with Crippen LogP contribution in [0.2, 0.25) is 0 Å². The van der Waals surface area contributed by atoms with Crippen molar-refractivity contribution in [3.63, 3.8) is 0 Å². The first-order chi connectivity index (χ1) is 10.5. The van der Waals surface area contributed by atoms with Crippen molar-refractivity contribution in [2.24, 2.45) is 0 Å². The normalized spacial score (nSPS) is 13.7. The van der Waals surface area contributed by atoms with Crippen LogP contribution in [0.4, 0.5) is 0 Å². The Hall–Kier alpha value is -0.882. The zero-order chi connectivity index (χ0) is 16.3. The molecule has 2 unspecified atom stereocenters. The molecule has 130 valence electrons. The maximum absolute atomic E-state index is 5.04. The van der Waals surface area contributed by atoms with Crippen molar-refractivity contribution in [2.45, 2.75) is 72.3 Å². The predicted octanol–water partition coefficient (Wildman–Crippen LogP) is 6.16.